The van der Waals surface area contributed by atoms with Gasteiger partial charge in [-0.3, -0.25) is 0 Å². The third kappa shape index (κ3) is 1.95. The molecule has 3 N–H and O–H groups in total. The highest BCUT2D eigenvalue weighted by Gasteiger charge is 2.00. The van der Waals surface area contributed by atoms with E-state index in [1.807, 2.05) is 30.3 Å². The molecule has 0 spiro atoms. The molecule has 1 aromatic heterocycles. The Kier molecular flexibility index (Phi) is 2.22. The Morgan fingerprint density at radius 1 is 0.941 bits per heavy atom. The Balaban J connectivity index is 1.94. The number of phenols is 1. The van der Waals surface area contributed by atoms with Gasteiger partial charge in [0.05, 0.1) is 0 Å². The minimum absolute atomic E-state index is 0.256. The Morgan fingerprint density at radius 3 is 2.65 bits per heavy atom. The third-order valence-corrected chi connectivity index (χ3v) is 2.66. The number of hydrogen-bond donors (Lipinski definition) is 3. The average Bonchev–Trinajstić information content (AvgIpc) is 2.71. The first kappa shape index (κ1) is 9.78. The van der Waals surface area contributed by atoms with Gasteiger partial charge in [-0.1, -0.05) is 24.3 Å². The van der Waals surface area contributed by atoms with Gasteiger partial charge in [0, 0.05) is 22.7 Å². The van der Waals surface area contributed by atoms with E-state index in [1.165, 1.54) is 0 Å². The summed E-state index contributed by atoms with van der Waals surface area (Å²) in [6.07, 6.45) is 0. The molecule has 0 unspecified atom stereocenters. The maximum atomic E-state index is 9.38. The van der Waals surface area contributed by atoms with Crippen molar-refractivity contribution < 1.29 is 5.11 Å². The maximum Gasteiger partial charge on any atom is 0.117 e. The predicted molar refractivity (Wildman–Crippen MR) is 69.7 cm³/mol. The number of aromatic amines is 1. The van der Waals surface area contributed by atoms with Crippen molar-refractivity contribution in [2.24, 2.45) is 0 Å². The number of anilines is 2. The Hall–Kier alpha value is -2.42. The molecule has 84 valence electrons. The van der Waals surface area contributed by atoms with Crippen LogP contribution in [-0.4, -0.2) is 10.1 Å². The minimum atomic E-state index is 0.256. The molecule has 0 saturated carbocycles. The van der Waals surface area contributed by atoms with Gasteiger partial charge in [-0.2, -0.15) is 0 Å². The van der Waals surface area contributed by atoms with Crippen LogP contribution in [0.4, 0.5) is 11.5 Å². The normalized spacial score (nSPS) is 10.6. The van der Waals surface area contributed by atoms with Crippen LogP contribution in [0.3, 0.4) is 0 Å². The molecule has 3 aromatic rings. The van der Waals surface area contributed by atoms with E-state index in [9.17, 15) is 5.11 Å². The molecule has 17 heavy (non-hydrogen) atoms. The van der Waals surface area contributed by atoms with E-state index in [0.717, 1.165) is 22.4 Å². The van der Waals surface area contributed by atoms with Crippen molar-refractivity contribution in [1.82, 2.24) is 4.98 Å². The third-order valence-electron chi connectivity index (χ3n) is 2.66. The molecular formula is C14H12N2O. The molecule has 2 aromatic carbocycles. The van der Waals surface area contributed by atoms with E-state index in [-0.39, 0.29) is 5.75 Å². The summed E-state index contributed by atoms with van der Waals surface area (Å²) in [5.41, 5.74) is 1.95. The van der Waals surface area contributed by atoms with Gasteiger partial charge in [-0.05, 0) is 24.3 Å². The summed E-state index contributed by atoms with van der Waals surface area (Å²) in [5.74, 6) is 1.17. The molecule has 3 rings (SSSR count). The number of aromatic hydroxyl groups is 1. The number of hydrogen-bond acceptors (Lipinski definition) is 2. The Morgan fingerprint density at radius 2 is 1.82 bits per heavy atom. The second-order valence-electron chi connectivity index (χ2n) is 3.95. The summed E-state index contributed by atoms with van der Waals surface area (Å²) < 4.78 is 0. The van der Waals surface area contributed by atoms with E-state index in [1.54, 1.807) is 18.2 Å². The van der Waals surface area contributed by atoms with Crippen molar-refractivity contribution in [3.8, 4) is 5.75 Å². The van der Waals surface area contributed by atoms with Crippen molar-refractivity contribution in [2.45, 2.75) is 0 Å². The number of nitrogens with one attached hydrogen (secondary N) is 2. The lowest BCUT2D eigenvalue weighted by atomic mass is 10.2. The molecule has 0 fully saturated rings. The fourth-order valence-electron chi connectivity index (χ4n) is 1.88. The monoisotopic (exact) mass is 224 g/mol. The highest BCUT2D eigenvalue weighted by Crippen LogP contribution is 2.23. The molecule has 3 nitrogen and oxygen atoms in total. The lowest BCUT2D eigenvalue weighted by molar-refractivity contribution is 0.475. The van der Waals surface area contributed by atoms with Gasteiger partial charge in [0.25, 0.3) is 0 Å². The smallest absolute Gasteiger partial charge is 0.117 e. The molecule has 0 bridgehead atoms. The number of aromatic nitrogens is 1. The number of H-pyrrole nitrogens is 1. The van der Waals surface area contributed by atoms with Crippen LogP contribution >= 0.6 is 0 Å². The number of benzene rings is 2. The van der Waals surface area contributed by atoms with Gasteiger partial charge < -0.3 is 15.4 Å². The number of para-hydroxylation sites is 1. The van der Waals surface area contributed by atoms with E-state index in [4.69, 9.17) is 0 Å². The van der Waals surface area contributed by atoms with E-state index in [0.29, 0.717) is 0 Å². The largest absolute Gasteiger partial charge is 0.508 e. The predicted octanol–water partition coefficient (Wildman–Crippen LogP) is 3.62. The number of rotatable bonds is 2. The van der Waals surface area contributed by atoms with Gasteiger partial charge in [0.2, 0.25) is 0 Å². The van der Waals surface area contributed by atoms with Crippen LogP contribution in [0.15, 0.2) is 54.6 Å². The molecule has 0 amide bonds. The topological polar surface area (TPSA) is 48.0 Å². The van der Waals surface area contributed by atoms with Crippen LogP contribution < -0.4 is 5.32 Å². The first-order valence-electron chi connectivity index (χ1n) is 5.45. The molecule has 0 radical (unpaired) electrons. The van der Waals surface area contributed by atoms with Crippen molar-refractivity contribution in [3.05, 3.63) is 54.6 Å². The van der Waals surface area contributed by atoms with Gasteiger partial charge in [0.15, 0.2) is 0 Å². The van der Waals surface area contributed by atoms with E-state index >= 15 is 0 Å². The van der Waals surface area contributed by atoms with Crippen molar-refractivity contribution in [3.63, 3.8) is 0 Å². The summed E-state index contributed by atoms with van der Waals surface area (Å²) in [4.78, 5) is 3.27. The fourth-order valence-corrected chi connectivity index (χ4v) is 1.88. The van der Waals surface area contributed by atoms with Crippen LogP contribution in [0.5, 0.6) is 5.75 Å². The van der Waals surface area contributed by atoms with Gasteiger partial charge >= 0.3 is 0 Å². The summed E-state index contributed by atoms with van der Waals surface area (Å²) in [7, 11) is 0. The van der Waals surface area contributed by atoms with Gasteiger partial charge in [-0.15, -0.1) is 0 Å². The highest BCUT2D eigenvalue weighted by molar-refractivity contribution is 5.84. The quantitative estimate of drug-likeness (QED) is 0.622. The molecular weight excluding hydrogens is 212 g/mol. The minimum Gasteiger partial charge on any atom is -0.508 e. The van der Waals surface area contributed by atoms with Crippen LogP contribution in [0.1, 0.15) is 0 Å². The lowest BCUT2D eigenvalue weighted by Crippen LogP contribution is -1.88. The highest BCUT2D eigenvalue weighted by atomic mass is 16.3. The fraction of sp³-hybridized carbons (Fsp3) is 0. The molecule has 0 aliphatic carbocycles. The standard InChI is InChI=1S/C14H12N2O/c17-12-6-3-5-11(9-12)15-14-8-10-4-1-2-7-13(10)16-14/h1-9,15-17H. The van der Waals surface area contributed by atoms with Crippen molar-refractivity contribution in [1.29, 1.82) is 0 Å². The Bertz CT molecular complexity index is 625. The second kappa shape index (κ2) is 3.87. The first-order valence-corrected chi connectivity index (χ1v) is 5.45. The van der Waals surface area contributed by atoms with Crippen LogP contribution in [0.2, 0.25) is 0 Å². The molecule has 0 aliphatic heterocycles. The lowest BCUT2D eigenvalue weighted by Gasteiger charge is -2.03. The number of fused-ring (bicyclic) bond motifs is 1. The van der Waals surface area contributed by atoms with Gasteiger partial charge in [-0.25, -0.2) is 0 Å². The summed E-state index contributed by atoms with van der Waals surface area (Å²) in [6.45, 7) is 0. The van der Waals surface area contributed by atoms with Crippen LogP contribution in [0.25, 0.3) is 10.9 Å². The maximum absolute atomic E-state index is 9.38. The van der Waals surface area contributed by atoms with Crippen molar-refractivity contribution >= 4 is 22.4 Å². The summed E-state index contributed by atoms with van der Waals surface area (Å²) >= 11 is 0. The summed E-state index contributed by atoms with van der Waals surface area (Å²) in [6, 6.07) is 17.2. The zero-order chi connectivity index (χ0) is 11.7. The second-order valence-corrected chi connectivity index (χ2v) is 3.95. The first-order chi connectivity index (χ1) is 8.31. The molecule has 1 heterocycles. The van der Waals surface area contributed by atoms with Crippen LogP contribution in [0, 0.1) is 0 Å². The Labute approximate surface area is 98.7 Å². The number of phenolic OH excluding ortho intramolecular Hbond substituents is 1. The zero-order valence-corrected chi connectivity index (χ0v) is 9.14. The summed E-state index contributed by atoms with van der Waals surface area (Å²) in [5, 5.41) is 13.8. The molecule has 3 heteroatoms. The van der Waals surface area contributed by atoms with Crippen molar-refractivity contribution in [2.75, 3.05) is 5.32 Å². The SMILES string of the molecule is Oc1cccc(Nc2cc3ccccc3[nH]2)c1. The average molecular weight is 224 g/mol. The molecule has 0 saturated heterocycles. The molecule has 0 aliphatic rings. The molecule has 0 atom stereocenters. The zero-order valence-electron chi connectivity index (χ0n) is 9.14. The van der Waals surface area contributed by atoms with E-state index < -0.39 is 0 Å². The van der Waals surface area contributed by atoms with E-state index in [2.05, 4.69) is 16.4 Å². The van der Waals surface area contributed by atoms with Crippen LogP contribution in [-0.2, 0) is 0 Å². The van der Waals surface area contributed by atoms with Gasteiger partial charge in [0.1, 0.15) is 11.6 Å².